The minimum absolute atomic E-state index is 0.0914. The molecule has 2 aliphatic heterocycles. The van der Waals surface area contributed by atoms with Gasteiger partial charge in [-0.3, -0.25) is 14.7 Å². The van der Waals surface area contributed by atoms with Crippen LogP contribution in [-0.4, -0.2) is 51.9 Å². The van der Waals surface area contributed by atoms with Gasteiger partial charge in [0.1, 0.15) is 5.69 Å². The van der Waals surface area contributed by atoms with Crippen molar-refractivity contribution in [2.45, 2.75) is 19.4 Å². The van der Waals surface area contributed by atoms with Gasteiger partial charge in [-0.2, -0.15) is 0 Å². The van der Waals surface area contributed by atoms with E-state index in [1.54, 1.807) is 16.8 Å². The number of rotatable bonds is 6. The molecule has 0 aliphatic carbocycles. The molecule has 7 heteroatoms. The summed E-state index contributed by atoms with van der Waals surface area (Å²) in [5.41, 5.74) is 5.78. The number of carbonyl (C=O) groups is 1. The van der Waals surface area contributed by atoms with Gasteiger partial charge in [0.15, 0.2) is 0 Å². The van der Waals surface area contributed by atoms with Gasteiger partial charge >= 0.3 is 0 Å². The molecule has 150 valence electrons. The number of aromatic nitrogens is 2. The highest BCUT2D eigenvalue weighted by Crippen LogP contribution is 2.46. The molecule has 29 heavy (non-hydrogen) atoms. The number of amides is 1. The van der Waals surface area contributed by atoms with Crippen LogP contribution < -0.4 is 0 Å². The lowest BCUT2D eigenvalue weighted by molar-refractivity contribution is 0.0750. The van der Waals surface area contributed by atoms with Crippen LogP contribution >= 0.6 is 22.7 Å². The topological polar surface area (TPSA) is 49.3 Å². The molecule has 5 rings (SSSR count). The van der Waals surface area contributed by atoms with E-state index in [2.05, 4.69) is 50.1 Å². The van der Waals surface area contributed by atoms with Crippen LogP contribution in [0.1, 0.15) is 27.3 Å². The largest absolute Gasteiger partial charge is 0.336 e. The first kappa shape index (κ1) is 18.9. The quantitative estimate of drug-likeness (QED) is 0.604. The molecular formula is C22H24N4OS2. The molecule has 1 aromatic carbocycles. The summed E-state index contributed by atoms with van der Waals surface area (Å²) in [6, 6.07) is 10.7. The maximum absolute atomic E-state index is 12.9. The van der Waals surface area contributed by atoms with Crippen molar-refractivity contribution >= 4 is 28.6 Å². The fraction of sp³-hybridized carbons (Fsp3) is 0.409. The summed E-state index contributed by atoms with van der Waals surface area (Å²) in [7, 11) is 0. The molecule has 5 nitrogen and oxygen atoms in total. The summed E-state index contributed by atoms with van der Waals surface area (Å²) in [6.07, 6.45) is 4.15. The molecule has 0 spiro atoms. The Balaban J connectivity index is 1.34. The van der Waals surface area contributed by atoms with Crippen LogP contribution in [0.3, 0.4) is 0 Å². The monoisotopic (exact) mass is 424 g/mol. The van der Waals surface area contributed by atoms with Crippen molar-refractivity contribution < 1.29 is 4.79 Å². The van der Waals surface area contributed by atoms with E-state index in [9.17, 15) is 4.79 Å². The standard InChI is InChI=1S/C22H24N4OS2/c27-21(20-12-28-16-24-20)26-10-18-9-25(11-19-8-23-15-29-19)13-22(18,14-26)7-6-17-4-2-1-3-5-17/h1-5,8,12,15-16,18H,6-7,9-11,13-14H2/t18-,22+/m0/s1. The van der Waals surface area contributed by atoms with E-state index in [-0.39, 0.29) is 11.3 Å². The summed E-state index contributed by atoms with van der Waals surface area (Å²) < 4.78 is 0. The molecule has 2 fully saturated rings. The first-order chi connectivity index (χ1) is 14.2. The average Bonchev–Trinajstić information content (AvgIpc) is 3.51. The molecule has 4 heterocycles. The molecule has 0 bridgehead atoms. The number of benzene rings is 1. The summed E-state index contributed by atoms with van der Waals surface area (Å²) in [4.78, 5) is 27.3. The lowest BCUT2D eigenvalue weighted by atomic mass is 9.76. The second kappa shape index (κ2) is 7.97. The van der Waals surface area contributed by atoms with E-state index >= 15 is 0 Å². The second-order valence-electron chi connectivity index (χ2n) is 8.24. The van der Waals surface area contributed by atoms with Gasteiger partial charge in [-0.25, -0.2) is 4.98 Å². The fourth-order valence-electron chi connectivity index (χ4n) is 4.98. The SMILES string of the molecule is O=C(c1cscn1)N1C[C@@H]2CN(Cc3cncs3)C[C@]2(CCc2ccccc2)C1. The Labute approximate surface area is 179 Å². The van der Waals surface area contributed by atoms with Gasteiger partial charge in [0.05, 0.1) is 11.0 Å². The first-order valence-corrected chi connectivity index (χ1v) is 11.9. The number of carbonyl (C=O) groups excluding carboxylic acids is 1. The summed E-state index contributed by atoms with van der Waals surface area (Å²) in [5.74, 6) is 0.607. The maximum atomic E-state index is 12.9. The van der Waals surface area contributed by atoms with Gasteiger partial charge in [-0.1, -0.05) is 30.3 Å². The average molecular weight is 425 g/mol. The van der Waals surface area contributed by atoms with E-state index in [4.69, 9.17) is 0 Å². The number of likely N-dealkylation sites (tertiary alicyclic amines) is 2. The molecule has 0 radical (unpaired) electrons. The molecular weight excluding hydrogens is 400 g/mol. The molecule has 0 N–H and O–H groups in total. The van der Waals surface area contributed by atoms with Crippen LogP contribution in [-0.2, 0) is 13.0 Å². The third-order valence-corrected chi connectivity index (χ3v) is 7.74. The number of nitrogens with zero attached hydrogens (tertiary/aromatic N) is 4. The van der Waals surface area contributed by atoms with Crippen LogP contribution in [0.5, 0.6) is 0 Å². The van der Waals surface area contributed by atoms with Crippen LogP contribution in [0.15, 0.2) is 52.9 Å². The smallest absolute Gasteiger partial charge is 0.273 e. The number of fused-ring (bicyclic) bond motifs is 1. The van der Waals surface area contributed by atoms with E-state index in [1.807, 2.05) is 17.1 Å². The van der Waals surface area contributed by atoms with Gasteiger partial charge in [0.25, 0.3) is 5.91 Å². The molecule has 1 amide bonds. The van der Waals surface area contributed by atoms with Crippen molar-refractivity contribution in [3.8, 4) is 0 Å². The Morgan fingerprint density at radius 2 is 2.07 bits per heavy atom. The van der Waals surface area contributed by atoms with E-state index in [0.717, 1.165) is 45.6 Å². The molecule has 2 atom stereocenters. The molecule has 3 aromatic rings. The molecule has 2 aliphatic rings. The summed E-state index contributed by atoms with van der Waals surface area (Å²) in [6.45, 7) is 4.73. The Bertz CT molecular complexity index is 945. The van der Waals surface area contributed by atoms with E-state index in [0.29, 0.717) is 11.6 Å². The lowest BCUT2D eigenvalue weighted by Crippen LogP contribution is -2.37. The van der Waals surface area contributed by atoms with Gasteiger partial charge in [0, 0.05) is 54.6 Å². The maximum Gasteiger partial charge on any atom is 0.273 e. The van der Waals surface area contributed by atoms with E-state index in [1.165, 1.54) is 21.8 Å². The summed E-state index contributed by atoms with van der Waals surface area (Å²) >= 11 is 3.21. The summed E-state index contributed by atoms with van der Waals surface area (Å²) in [5, 5.41) is 1.86. The first-order valence-electron chi connectivity index (χ1n) is 10.0. The minimum Gasteiger partial charge on any atom is -0.336 e. The molecule has 0 unspecified atom stereocenters. The highest BCUT2D eigenvalue weighted by molar-refractivity contribution is 7.09. The predicted molar refractivity (Wildman–Crippen MR) is 116 cm³/mol. The third kappa shape index (κ3) is 3.86. The van der Waals surface area contributed by atoms with Crippen LogP contribution in [0.2, 0.25) is 0 Å². The van der Waals surface area contributed by atoms with Gasteiger partial charge in [-0.15, -0.1) is 22.7 Å². The zero-order valence-corrected chi connectivity index (χ0v) is 17.9. The number of hydrogen-bond acceptors (Lipinski definition) is 6. The van der Waals surface area contributed by atoms with Crippen molar-refractivity contribution in [2.24, 2.45) is 11.3 Å². The Morgan fingerprint density at radius 3 is 2.83 bits per heavy atom. The molecule has 2 aromatic heterocycles. The van der Waals surface area contributed by atoms with Crippen LogP contribution in [0, 0.1) is 11.3 Å². The van der Waals surface area contributed by atoms with Crippen molar-refractivity contribution in [2.75, 3.05) is 26.2 Å². The third-order valence-electron chi connectivity index (χ3n) is 6.39. The zero-order valence-electron chi connectivity index (χ0n) is 16.2. The normalized spacial score (nSPS) is 24.1. The Morgan fingerprint density at radius 1 is 1.17 bits per heavy atom. The van der Waals surface area contributed by atoms with Crippen molar-refractivity contribution in [1.82, 2.24) is 19.8 Å². The zero-order chi connectivity index (χ0) is 19.7. The van der Waals surface area contributed by atoms with Crippen molar-refractivity contribution in [3.05, 3.63) is 69.1 Å². The Hall–Kier alpha value is -2.09. The van der Waals surface area contributed by atoms with Crippen LogP contribution in [0.25, 0.3) is 0 Å². The minimum atomic E-state index is 0.0914. The number of aryl methyl sites for hydroxylation is 1. The van der Waals surface area contributed by atoms with Crippen molar-refractivity contribution in [3.63, 3.8) is 0 Å². The van der Waals surface area contributed by atoms with Crippen molar-refractivity contribution in [1.29, 1.82) is 0 Å². The highest BCUT2D eigenvalue weighted by Gasteiger charge is 2.53. The highest BCUT2D eigenvalue weighted by atomic mass is 32.1. The van der Waals surface area contributed by atoms with Gasteiger partial charge in [0.2, 0.25) is 0 Å². The second-order valence-corrected chi connectivity index (χ2v) is 9.93. The van der Waals surface area contributed by atoms with Crippen LogP contribution in [0.4, 0.5) is 0 Å². The number of hydrogen-bond donors (Lipinski definition) is 0. The fourth-order valence-corrected chi connectivity index (χ4v) is 6.14. The lowest BCUT2D eigenvalue weighted by Gasteiger charge is -2.29. The predicted octanol–water partition coefficient (Wildman–Crippen LogP) is 3.81. The number of thiazole rings is 2. The molecule has 0 saturated carbocycles. The van der Waals surface area contributed by atoms with E-state index < -0.39 is 0 Å². The Kier molecular flexibility index (Phi) is 5.20. The van der Waals surface area contributed by atoms with Gasteiger partial charge < -0.3 is 4.90 Å². The van der Waals surface area contributed by atoms with Gasteiger partial charge in [-0.05, 0) is 24.3 Å². The molecule has 2 saturated heterocycles.